The lowest BCUT2D eigenvalue weighted by atomic mass is 9.73. The number of fused-ring (bicyclic) bond motifs is 4. The number of imidazole rings is 1. The van der Waals surface area contributed by atoms with Crippen molar-refractivity contribution in [2.45, 2.75) is 11.8 Å². The highest BCUT2D eigenvalue weighted by atomic mass is 35.5. The standard InChI is InChI=1S/C28H16ClN3O6/c1-38-13-3-9-20-19(11-13)30-24-14-4-5-16-23-17(7-6-15(22(14)23)25(33)31(20)24)27(35)32(26(16)34)21-10-12(28(36)37)2-8-18(21)29/h2-11,15,17H,1H3,(H,36,37). The third-order valence-electron chi connectivity index (χ3n) is 7.35. The van der Waals surface area contributed by atoms with Crippen molar-refractivity contribution in [3.63, 3.8) is 0 Å². The molecule has 0 spiro atoms. The fourth-order valence-corrected chi connectivity index (χ4v) is 5.85. The van der Waals surface area contributed by atoms with Crippen molar-refractivity contribution in [2.75, 3.05) is 12.0 Å². The molecule has 3 heterocycles. The second-order valence-corrected chi connectivity index (χ2v) is 9.65. The number of imide groups is 1. The molecule has 10 heteroatoms. The summed E-state index contributed by atoms with van der Waals surface area (Å²) in [6.07, 6.45) is 3.31. The minimum absolute atomic E-state index is 0.00715. The largest absolute Gasteiger partial charge is 0.497 e. The number of hydrogen-bond donors (Lipinski definition) is 1. The number of hydrogen-bond acceptors (Lipinski definition) is 6. The number of carboxylic acid groups (broad SMARTS) is 1. The van der Waals surface area contributed by atoms with Crippen molar-refractivity contribution in [1.82, 2.24) is 9.55 Å². The Morgan fingerprint density at radius 1 is 0.947 bits per heavy atom. The first-order valence-electron chi connectivity index (χ1n) is 11.7. The summed E-state index contributed by atoms with van der Waals surface area (Å²) in [6, 6.07) is 12.5. The van der Waals surface area contributed by atoms with Crippen molar-refractivity contribution in [2.24, 2.45) is 0 Å². The Hall–Kier alpha value is -4.76. The molecule has 3 aliphatic rings. The summed E-state index contributed by atoms with van der Waals surface area (Å²) < 4.78 is 6.87. The van der Waals surface area contributed by atoms with Crippen LogP contribution in [0.4, 0.5) is 5.69 Å². The highest BCUT2D eigenvalue weighted by Gasteiger charge is 2.47. The molecule has 4 aromatic rings. The van der Waals surface area contributed by atoms with E-state index in [4.69, 9.17) is 21.3 Å². The number of methoxy groups -OCH3 is 1. The normalized spacial score (nSPS) is 19.0. The summed E-state index contributed by atoms with van der Waals surface area (Å²) in [7, 11) is 1.55. The Morgan fingerprint density at radius 3 is 2.39 bits per heavy atom. The zero-order chi connectivity index (χ0) is 26.5. The molecule has 186 valence electrons. The van der Waals surface area contributed by atoms with Gasteiger partial charge in [0.1, 0.15) is 11.6 Å². The number of amides is 2. The first-order chi connectivity index (χ1) is 18.3. The number of carbonyl (C=O) groups is 4. The third-order valence-corrected chi connectivity index (χ3v) is 7.67. The third kappa shape index (κ3) is 2.79. The SMILES string of the molecule is COc1ccc2c(c1)nc1n2C(=O)C2C=CC3C(=O)N(c4cc(C(=O)O)ccc4Cl)C(=O)c4ccc-1c2c43. The number of nitrogens with zero attached hydrogens (tertiary/aromatic N) is 3. The van der Waals surface area contributed by atoms with Crippen LogP contribution in [0.15, 0.2) is 60.7 Å². The van der Waals surface area contributed by atoms with Crippen LogP contribution in [0.2, 0.25) is 5.02 Å². The summed E-state index contributed by atoms with van der Waals surface area (Å²) in [5, 5.41) is 9.49. The van der Waals surface area contributed by atoms with E-state index in [-0.39, 0.29) is 27.7 Å². The molecule has 1 aliphatic carbocycles. The molecular formula is C28H16ClN3O6. The van der Waals surface area contributed by atoms with E-state index in [0.29, 0.717) is 39.3 Å². The van der Waals surface area contributed by atoms with E-state index < -0.39 is 29.6 Å². The molecule has 9 nitrogen and oxygen atoms in total. The molecule has 3 aromatic carbocycles. The molecule has 0 saturated carbocycles. The number of carbonyl (C=O) groups excluding carboxylic acids is 3. The Balaban J connectivity index is 1.45. The van der Waals surface area contributed by atoms with Gasteiger partial charge in [0.15, 0.2) is 0 Å². The minimum atomic E-state index is -1.21. The maximum atomic E-state index is 13.7. The lowest BCUT2D eigenvalue weighted by molar-refractivity contribution is -0.118. The molecule has 1 N–H and O–H groups in total. The van der Waals surface area contributed by atoms with Gasteiger partial charge in [0.05, 0.1) is 46.3 Å². The van der Waals surface area contributed by atoms with Gasteiger partial charge in [-0.05, 0) is 47.5 Å². The first kappa shape index (κ1) is 22.4. The number of carboxylic acids is 1. The van der Waals surface area contributed by atoms with Gasteiger partial charge in [-0.25, -0.2) is 14.7 Å². The number of halogens is 1. The van der Waals surface area contributed by atoms with Crippen LogP contribution in [0, 0.1) is 0 Å². The summed E-state index contributed by atoms with van der Waals surface area (Å²) in [5.74, 6) is -3.19. The highest BCUT2D eigenvalue weighted by Crippen LogP contribution is 2.49. The van der Waals surface area contributed by atoms with Crippen molar-refractivity contribution >= 4 is 52.0 Å². The summed E-state index contributed by atoms with van der Waals surface area (Å²) in [5.41, 5.74) is 3.07. The van der Waals surface area contributed by atoms with Gasteiger partial charge >= 0.3 is 5.97 Å². The van der Waals surface area contributed by atoms with Gasteiger partial charge in [0.25, 0.3) is 5.91 Å². The van der Waals surface area contributed by atoms with Gasteiger partial charge in [-0.2, -0.15) is 0 Å². The van der Waals surface area contributed by atoms with Crippen LogP contribution in [0.5, 0.6) is 5.75 Å². The van der Waals surface area contributed by atoms with E-state index in [0.717, 1.165) is 4.90 Å². The average molecular weight is 526 g/mol. The van der Waals surface area contributed by atoms with E-state index >= 15 is 0 Å². The number of allylic oxidation sites excluding steroid dienone is 1. The predicted octanol–water partition coefficient (Wildman–Crippen LogP) is 4.64. The van der Waals surface area contributed by atoms with E-state index in [1.165, 1.54) is 18.2 Å². The topological polar surface area (TPSA) is 119 Å². The number of anilines is 1. The number of ether oxygens (including phenoxy) is 1. The zero-order valence-corrected chi connectivity index (χ0v) is 20.4. The van der Waals surface area contributed by atoms with Crippen LogP contribution in [0.1, 0.15) is 48.5 Å². The lowest BCUT2D eigenvalue weighted by Gasteiger charge is -2.38. The van der Waals surface area contributed by atoms with Crippen LogP contribution >= 0.6 is 11.6 Å². The van der Waals surface area contributed by atoms with Gasteiger partial charge in [0.2, 0.25) is 11.8 Å². The number of benzene rings is 3. The molecule has 2 amide bonds. The maximum absolute atomic E-state index is 13.7. The Morgan fingerprint density at radius 2 is 1.66 bits per heavy atom. The van der Waals surface area contributed by atoms with E-state index in [2.05, 4.69) is 0 Å². The van der Waals surface area contributed by atoms with Crippen LogP contribution < -0.4 is 9.64 Å². The minimum Gasteiger partial charge on any atom is -0.497 e. The molecular weight excluding hydrogens is 510 g/mol. The lowest BCUT2D eigenvalue weighted by Crippen LogP contribution is -2.46. The fraction of sp³-hybridized carbons (Fsp3) is 0.107. The van der Waals surface area contributed by atoms with Gasteiger partial charge in [-0.3, -0.25) is 19.0 Å². The van der Waals surface area contributed by atoms with Crippen LogP contribution in [-0.4, -0.2) is 45.5 Å². The summed E-state index contributed by atoms with van der Waals surface area (Å²) in [6.45, 7) is 0. The van der Waals surface area contributed by atoms with Crippen LogP contribution in [-0.2, 0) is 4.79 Å². The molecule has 0 bridgehead atoms. The molecule has 2 atom stereocenters. The molecule has 2 aliphatic heterocycles. The van der Waals surface area contributed by atoms with E-state index in [1.807, 2.05) is 0 Å². The van der Waals surface area contributed by atoms with Gasteiger partial charge in [-0.1, -0.05) is 29.8 Å². The zero-order valence-electron chi connectivity index (χ0n) is 19.6. The summed E-state index contributed by atoms with van der Waals surface area (Å²) >= 11 is 6.32. The smallest absolute Gasteiger partial charge is 0.335 e. The van der Waals surface area contributed by atoms with Crippen LogP contribution in [0.25, 0.3) is 22.4 Å². The van der Waals surface area contributed by atoms with Crippen molar-refractivity contribution in [3.05, 3.63) is 88.0 Å². The monoisotopic (exact) mass is 525 g/mol. The molecule has 0 saturated heterocycles. The molecule has 1 aromatic heterocycles. The molecule has 0 fully saturated rings. The maximum Gasteiger partial charge on any atom is 0.335 e. The van der Waals surface area contributed by atoms with Gasteiger partial charge in [0, 0.05) is 17.2 Å². The Labute approximate surface area is 219 Å². The van der Waals surface area contributed by atoms with Crippen molar-refractivity contribution < 1.29 is 29.0 Å². The fourth-order valence-electron chi connectivity index (χ4n) is 5.65. The Kier molecular flexibility index (Phi) is 4.50. The predicted molar refractivity (Wildman–Crippen MR) is 137 cm³/mol. The van der Waals surface area contributed by atoms with E-state index in [9.17, 15) is 24.3 Å². The van der Waals surface area contributed by atoms with Crippen molar-refractivity contribution in [1.29, 1.82) is 0 Å². The van der Waals surface area contributed by atoms with Crippen LogP contribution in [0.3, 0.4) is 0 Å². The number of rotatable bonds is 3. The van der Waals surface area contributed by atoms with E-state index in [1.54, 1.807) is 54.2 Å². The average Bonchev–Trinajstić information content (AvgIpc) is 3.30. The molecule has 7 rings (SSSR count). The van der Waals surface area contributed by atoms with Gasteiger partial charge < -0.3 is 9.84 Å². The number of aromatic carboxylic acids is 1. The van der Waals surface area contributed by atoms with Gasteiger partial charge in [-0.15, -0.1) is 0 Å². The Bertz CT molecular complexity index is 1840. The molecule has 38 heavy (non-hydrogen) atoms. The van der Waals surface area contributed by atoms with Crippen molar-refractivity contribution in [3.8, 4) is 17.1 Å². The second kappa shape index (κ2) is 7.62. The number of aromatic nitrogens is 2. The first-order valence-corrected chi connectivity index (χ1v) is 12.0. The quantitative estimate of drug-likeness (QED) is 0.305. The summed E-state index contributed by atoms with van der Waals surface area (Å²) in [4.78, 5) is 58.4. The highest BCUT2D eigenvalue weighted by molar-refractivity contribution is 6.37. The second-order valence-electron chi connectivity index (χ2n) is 9.24. The molecule has 2 unspecified atom stereocenters. The molecule has 0 radical (unpaired) electrons.